The van der Waals surface area contributed by atoms with Gasteiger partial charge in [-0.2, -0.15) is 0 Å². The van der Waals surface area contributed by atoms with Gasteiger partial charge < -0.3 is 18.9 Å². The first-order valence-electron chi connectivity index (χ1n) is 22.7. The predicted molar refractivity (Wildman–Crippen MR) is 233 cm³/mol. The zero-order valence-electron chi connectivity index (χ0n) is 36.7. The van der Waals surface area contributed by atoms with Crippen LogP contribution in [-0.2, 0) is 27.9 Å². The first-order chi connectivity index (χ1) is 26.6. The summed E-state index contributed by atoms with van der Waals surface area (Å²) in [6, 6.07) is 0. The highest BCUT2D eigenvalue weighted by Gasteiger charge is 2.26. The molecule has 8 nitrogen and oxygen atoms in total. The third-order valence-corrected chi connectivity index (χ3v) is 10.7. The minimum Gasteiger partial charge on any atom is -0.457 e. The summed E-state index contributed by atoms with van der Waals surface area (Å²) in [5.74, 6) is -0.322. The molecule has 0 aromatic heterocycles. The van der Waals surface area contributed by atoms with Crippen LogP contribution in [0.2, 0.25) is 0 Å². The highest BCUT2D eigenvalue weighted by molar-refractivity contribution is 7.47. The summed E-state index contributed by atoms with van der Waals surface area (Å²) >= 11 is 0. The van der Waals surface area contributed by atoms with Crippen LogP contribution in [0.1, 0.15) is 194 Å². The van der Waals surface area contributed by atoms with Crippen molar-refractivity contribution in [3.05, 3.63) is 36.5 Å². The molecule has 0 rings (SSSR count). The number of phosphoric acid groups is 1. The number of quaternary nitrogens is 1. The molecule has 0 aliphatic carbocycles. The maximum absolute atomic E-state index is 12.7. The Morgan fingerprint density at radius 1 is 0.582 bits per heavy atom. The standard InChI is InChI=1S/C46H88NO7P/c1-6-8-10-12-14-16-18-20-22-24-25-27-29-31-33-35-37-39-46(48)54-45(44-53-55(49,50)52-42-40-47(3,4)5)43-51-41-38-36-34-32-30-28-26-23-21-19-17-15-13-11-9-7-2/h8,10,14,16,20,22,45H,6-7,9,11-13,15,17-19,21,23-44H2,1-5H3/p+1/b10-8-,16-14-,22-20-. The number of carbonyl (C=O) groups is 1. The van der Waals surface area contributed by atoms with E-state index < -0.39 is 13.9 Å². The van der Waals surface area contributed by atoms with Crippen molar-refractivity contribution in [3.63, 3.8) is 0 Å². The van der Waals surface area contributed by atoms with Gasteiger partial charge in [-0.1, -0.05) is 179 Å². The normalized spacial score (nSPS) is 14.1. The van der Waals surface area contributed by atoms with Crippen LogP contribution in [0.4, 0.5) is 0 Å². The fourth-order valence-electron chi connectivity index (χ4n) is 6.21. The Bertz CT molecular complexity index is 978. The van der Waals surface area contributed by atoms with E-state index in [1.807, 2.05) is 21.1 Å². The molecule has 0 fully saturated rings. The number of carbonyl (C=O) groups excluding carboxylic acids is 1. The zero-order valence-corrected chi connectivity index (χ0v) is 37.6. The number of hydrogen-bond donors (Lipinski definition) is 1. The molecule has 0 spiro atoms. The van der Waals surface area contributed by atoms with E-state index in [-0.39, 0.29) is 25.8 Å². The Balaban J connectivity index is 4.21. The van der Waals surface area contributed by atoms with E-state index in [9.17, 15) is 14.3 Å². The number of rotatable bonds is 42. The van der Waals surface area contributed by atoms with Gasteiger partial charge in [0.05, 0.1) is 34.4 Å². The summed E-state index contributed by atoms with van der Waals surface area (Å²) in [5, 5.41) is 0. The van der Waals surface area contributed by atoms with Crippen LogP contribution in [-0.4, -0.2) is 75.6 Å². The molecule has 2 unspecified atom stereocenters. The topological polar surface area (TPSA) is 91.3 Å². The van der Waals surface area contributed by atoms with Crippen molar-refractivity contribution in [1.29, 1.82) is 0 Å². The van der Waals surface area contributed by atoms with E-state index >= 15 is 0 Å². The molecule has 0 heterocycles. The molecule has 55 heavy (non-hydrogen) atoms. The summed E-state index contributed by atoms with van der Waals surface area (Å²) in [7, 11) is 1.66. The number of ether oxygens (including phenoxy) is 2. The van der Waals surface area contributed by atoms with Gasteiger partial charge in [0.2, 0.25) is 0 Å². The second-order valence-corrected chi connectivity index (χ2v) is 17.9. The number of nitrogens with zero attached hydrogens (tertiary/aromatic N) is 1. The van der Waals surface area contributed by atoms with E-state index in [2.05, 4.69) is 50.3 Å². The summed E-state index contributed by atoms with van der Waals surface area (Å²) < 4.78 is 35.0. The average Bonchev–Trinajstić information content (AvgIpc) is 3.13. The number of unbranched alkanes of at least 4 members (excludes halogenated alkanes) is 22. The minimum atomic E-state index is -4.28. The van der Waals surface area contributed by atoms with Gasteiger partial charge in [0, 0.05) is 13.0 Å². The third-order valence-electron chi connectivity index (χ3n) is 9.72. The van der Waals surface area contributed by atoms with Gasteiger partial charge in [-0.25, -0.2) is 4.57 Å². The lowest BCUT2D eigenvalue weighted by Crippen LogP contribution is -2.37. The zero-order chi connectivity index (χ0) is 40.6. The van der Waals surface area contributed by atoms with Crippen molar-refractivity contribution in [2.75, 3.05) is 54.1 Å². The quantitative estimate of drug-likeness (QED) is 0.0216. The van der Waals surface area contributed by atoms with Gasteiger partial charge in [-0.05, 0) is 44.9 Å². The number of esters is 1. The smallest absolute Gasteiger partial charge is 0.457 e. The second-order valence-electron chi connectivity index (χ2n) is 16.4. The van der Waals surface area contributed by atoms with Crippen LogP contribution in [0.3, 0.4) is 0 Å². The lowest BCUT2D eigenvalue weighted by molar-refractivity contribution is -0.870. The Morgan fingerprint density at radius 3 is 1.58 bits per heavy atom. The van der Waals surface area contributed by atoms with Crippen molar-refractivity contribution in [2.45, 2.75) is 200 Å². The molecule has 0 radical (unpaired) electrons. The molecule has 0 saturated carbocycles. The molecule has 1 N–H and O–H groups in total. The maximum atomic E-state index is 12.7. The molecule has 0 aliphatic rings. The van der Waals surface area contributed by atoms with Crippen LogP contribution < -0.4 is 0 Å². The molecule has 0 amide bonds. The first kappa shape index (κ1) is 53.7. The lowest BCUT2D eigenvalue weighted by Gasteiger charge is -2.24. The fourth-order valence-corrected chi connectivity index (χ4v) is 6.96. The van der Waals surface area contributed by atoms with Crippen LogP contribution in [0.15, 0.2) is 36.5 Å². The Hall–Kier alpha value is -1.28. The summed E-state index contributed by atoms with van der Waals surface area (Å²) in [5.41, 5.74) is 0. The Kier molecular flexibility index (Phi) is 38.6. The fraction of sp³-hybridized carbons (Fsp3) is 0.848. The summed E-state index contributed by atoms with van der Waals surface area (Å²) in [4.78, 5) is 22.9. The molecule has 0 aromatic carbocycles. The van der Waals surface area contributed by atoms with Gasteiger partial charge in [-0.15, -0.1) is 0 Å². The average molecular weight is 799 g/mol. The van der Waals surface area contributed by atoms with E-state index in [1.54, 1.807) is 0 Å². The van der Waals surface area contributed by atoms with Gasteiger partial charge in [0.25, 0.3) is 0 Å². The molecule has 9 heteroatoms. The van der Waals surface area contributed by atoms with Gasteiger partial charge in [-0.3, -0.25) is 13.8 Å². The molecule has 2 atom stereocenters. The van der Waals surface area contributed by atoms with Crippen molar-refractivity contribution in [2.24, 2.45) is 0 Å². The minimum absolute atomic E-state index is 0.0873. The second kappa shape index (κ2) is 39.5. The molecule has 0 aromatic rings. The Morgan fingerprint density at radius 2 is 1.05 bits per heavy atom. The number of likely N-dealkylation sites (N-methyl/N-ethyl adjacent to an activating group) is 1. The summed E-state index contributed by atoms with van der Waals surface area (Å²) in [6.45, 7) is 5.53. The van der Waals surface area contributed by atoms with E-state index in [0.717, 1.165) is 57.8 Å². The molecular formula is C46H89NO7P+. The monoisotopic (exact) mass is 799 g/mol. The first-order valence-corrected chi connectivity index (χ1v) is 24.2. The maximum Gasteiger partial charge on any atom is 0.472 e. The van der Waals surface area contributed by atoms with Crippen LogP contribution in [0.25, 0.3) is 0 Å². The highest BCUT2D eigenvalue weighted by Crippen LogP contribution is 2.43. The van der Waals surface area contributed by atoms with Crippen molar-refractivity contribution in [3.8, 4) is 0 Å². The van der Waals surface area contributed by atoms with E-state index in [0.29, 0.717) is 24.1 Å². The molecular weight excluding hydrogens is 709 g/mol. The van der Waals surface area contributed by atoms with Crippen molar-refractivity contribution in [1.82, 2.24) is 0 Å². The molecule has 324 valence electrons. The molecule has 0 saturated heterocycles. The van der Waals surface area contributed by atoms with Gasteiger partial charge in [0.15, 0.2) is 0 Å². The predicted octanol–water partition coefficient (Wildman–Crippen LogP) is 13.4. The number of phosphoric ester groups is 1. The van der Waals surface area contributed by atoms with Crippen LogP contribution in [0, 0.1) is 0 Å². The van der Waals surface area contributed by atoms with E-state index in [1.165, 1.54) is 116 Å². The SMILES string of the molecule is CC/C=C\C/C=C\C/C=C\CCCCCCCCCC(=O)OC(COCCCCCCCCCCCCCCCCCC)COP(=O)(O)OCC[N+](C)(C)C. The lowest BCUT2D eigenvalue weighted by atomic mass is 10.0. The van der Waals surface area contributed by atoms with Crippen molar-refractivity contribution < 1.29 is 37.3 Å². The Labute approximate surface area is 340 Å². The largest absolute Gasteiger partial charge is 0.472 e. The highest BCUT2D eigenvalue weighted by atomic mass is 31.2. The third kappa shape index (κ3) is 43.7. The van der Waals surface area contributed by atoms with E-state index in [4.69, 9.17) is 18.5 Å². The molecule has 0 bridgehead atoms. The van der Waals surface area contributed by atoms with Crippen LogP contribution >= 0.6 is 7.82 Å². The number of allylic oxidation sites excluding steroid dienone is 6. The van der Waals surface area contributed by atoms with Gasteiger partial charge >= 0.3 is 13.8 Å². The van der Waals surface area contributed by atoms with Gasteiger partial charge in [0.1, 0.15) is 19.3 Å². The molecule has 0 aliphatic heterocycles. The van der Waals surface area contributed by atoms with Crippen molar-refractivity contribution >= 4 is 13.8 Å². The summed E-state index contributed by atoms with van der Waals surface area (Å²) in [6.07, 6.45) is 46.0. The van der Waals surface area contributed by atoms with Crippen LogP contribution in [0.5, 0.6) is 0 Å². The number of hydrogen-bond acceptors (Lipinski definition) is 6.